The maximum absolute atomic E-state index is 3.63. The first-order valence-corrected chi connectivity index (χ1v) is 8.50. The Morgan fingerprint density at radius 1 is 1.00 bits per heavy atom. The van der Waals surface area contributed by atoms with Gasteiger partial charge in [0.15, 0.2) is 0 Å². The second-order valence-corrected chi connectivity index (χ2v) is 7.12. The maximum atomic E-state index is 3.63. The van der Waals surface area contributed by atoms with Gasteiger partial charge in [0.25, 0.3) is 0 Å². The molecular weight excluding hydrogens is 232 g/mol. The van der Waals surface area contributed by atoms with E-state index in [1.165, 1.54) is 45.2 Å². The van der Waals surface area contributed by atoms with Gasteiger partial charge in [-0.25, -0.2) is 0 Å². The van der Waals surface area contributed by atoms with Crippen molar-refractivity contribution in [3.8, 4) is 0 Å². The van der Waals surface area contributed by atoms with E-state index in [1.807, 2.05) is 0 Å². The molecule has 19 heavy (non-hydrogen) atoms. The third kappa shape index (κ3) is 6.76. The van der Waals surface area contributed by atoms with Gasteiger partial charge >= 0.3 is 0 Å². The van der Waals surface area contributed by atoms with Gasteiger partial charge in [0.1, 0.15) is 0 Å². The molecule has 1 N–H and O–H groups in total. The van der Waals surface area contributed by atoms with Crippen molar-refractivity contribution in [1.82, 2.24) is 10.2 Å². The number of rotatable bonds is 9. The monoisotopic (exact) mass is 268 g/mol. The first-order chi connectivity index (χ1) is 9.02. The number of nitrogens with zero attached hydrogens (tertiary/aromatic N) is 1. The molecule has 1 aliphatic rings. The highest BCUT2D eigenvalue weighted by molar-refractivity contribution is 4.86. The number of nitrogens with one attached hydrogen (secondary N) is 1. The Morgan fingerprint density at radius 3 is 2.05 bits per heavy atom. The van der Waals surface area contributed by atoms with E-state index in [9.17, 15) is 0 Å². The van der Waals surface area contributed by atoms with Crippen LogP contribution in [0.4, 0.5) is 0 Å². The van der Waals surface area contributed by atoms with Crippen LogP contribution in [0.1, 0.15) is 66.7 Å². The van der Waals surface area contributed by atoms with Crippen LogP contribution in [0.5, 0.6) is 0 Å². The average molecular weight is 268 g/mol. The van der Waals surface area contributed by atoms with Crippen molar-refractivity contribution in [1.29, 1.82) is 0 Å². The van der Waals surface area contributed by atoms with E-state index in [2.05, 4.69) is 44.8 Å². The van der Waals surface area contributed by atoms with Gasteiger partial charge < -0.3 is 10.2 Å². The summed E-state index contributed by atoms with van der Waals surface area (Å²) in [5.74, 6) is 1.65. The molecule has 0 aromatic rings. The Labute approximate surface area is 121 Å². The molecule has 0 aromatic carbocycles. The fraction of sp³-hybridized carbons (Fsp3) is 1.00. The zero-order valence-corrected chi connectivity index (χ0v) is 13.9. The fourth-order valence-electron chi connectivity index (χ4n) is 3.09. The highest BCUT2D eigenvalue weighted by Crippen LogP contribution is 2.25. The largest absolute Gasteiger partial charge is 0.314 e. The van der Waals surface area contributed by atoms with Gasteiger partial charge in [-0.3, -0.25) is 0 Å². The Morgan fingerprint density at radius 2 is 1.58 bits per heavy atom. The first kappa shape index (κ1) is 17.0. The average Bonchev–Trinajstić information content (AvgIpc) is 2.77. The van der Waals surface area contributed by atoms with Gasteiger partial charge in [-0.2, -0.15) is 0 Å². The van der Waals surface area contributed by atoms with Crippen molar-refractivity contribution < 1.29 is 0 Å². The van der Waals surface area contributed by atoms with E-state index < -0.39 is 0 Å². The zero-order chi connectivity index (χ0) is 14.3. The van der Waals surface area contributed by atoms with Crippen LogP contribution in [0.2, 0.25) is 0 Å². The summed E-state index contributed by atoms with van der Waals surface area (Å²) in [6, 6.07) is 1.61. The van der Waals surface area contributed by atoms with Gasteiger partial charge in [0.05, 0.1) is 0 Å². The minimum absolute atomic E-state index is 0.774. The predicted molar refractivity (Wildman–Crippen MR) is 85.6 cm³/mol. The minimum Gasteiger partial charge on any atom is -0.314 e. The molecule has 1 saturated carbocycles. The Kier molecular flexibility index (Phi) is 8.01. The zero-order valence-electron chi connectivity index (χ0n) is 13.9. The van der Waals surface area contributed by atoms with Gasteiger partial charge in [-0.1, -0.05) is 34.6 Å². The van der Waals surface area contributed by atoms with Crippen LogP contribution in [0, 0.1) is 11.8 Å². The number of hydrogen-bond acceptors (Lipinski definition) is 2. The Bertz CT molecular complexity index is 213. The summed E-state index contributed by atoms with van der Waals surface area (Å²) in [5, 5.41) is 3.63. The van der Waals surface area contributed by atoms with Gasteiger partial charge in [0.2, 0.25) is 0 Å². The molecule has 0 radical (unpaired) electrons. The third-order valence-corrected chi connectivity index (χ3v) is 4.40. The molecule has 0 heterocycles. The molecule has 2 unspecified atom stereocenters. The summed E-state index contributed by atoms with van der Waals surface area (Å²) in [6.45, 7) is 15.3. The van der Waals surface area contributed by atoms with Gasteiger partial charge in [0, 0.05) is 12.1 Å². The molecule has 114 valence electrons. The lowest BCUT2D eigenvalue weighted by Gasteiger charge is -2.30. The topological polar surface area (TPSA) is 15.3 Å². The van der Waals surface area contributed by atoms with Crippen molar-refractivity contribution in [2.24, 2.45) is 11.8 Å². The van der Waals surface area contributed by atoms with Crippen LogP contribution in [0.15, 0.2) is 0 Å². The lowest BCUT2D eigenvalue weighted by atomic mass is 10.1. The summed E-state index contributed by atoms with van der Waals surface area (Å²) >= 11 is 0. The molecular formula is C17H36N2. The molecule has 2 nitrogen and oxygen atoms in total. The van der Waals surface area contributed by atoms with Crippen LogP contribution in [-0.4, -0.2) is 36.6 Å². The van der Waals surface area contributed by atoms with Crippen molar-refractivity contribution in [3.63, 3.8) is 0 Å². The molecule has 1 aliphatic carbocycles. The van der Waals surface area contributed by atoms with E-state index in [1.54, 1.807) is 0 Å². The second-order valence-electron chi connectivity index (χ2n) is 7.12. The van der Waals surface area contributed by atoms with E-state index in [0.29, 0.717) is 0 Å². The summed E-state index contributed by atoms with van der Waals surface area (Å²) in [6.07, 6.45) is 6.83. The Hall–Kier alpha value is -0.0800. The predicted octanol–water partition coefficient (Wildman–Crippen LogP) is 3.91. The molecule has 0 aliphatic heterocycles. The Balaban J connectivity index is 2.43. The highest BCUT2D eigenvalue weighted by atomic mass is 15.2. The molecule has 2 heteroatoms. The van der Waals surface area contributed by atoms with E-state index >= 15 is 0 Å². The van der Waals surface area contributed by atoms with Crippen LogP contribution in [0.3, 0.4) is 0 Å². The fourth-order valence-corrected chi connectivity index (χ4v) is 3.09. The SMILES string of the molecule is CCNC1CCC(N(CCC(C)C)CCC(C)C)C1. The van der Waals surface area contributed by atoms with Gasteiger partial charge in [-0.15, -0.1) is 0 Å². The molecule has 2 atom stereocenters. The normalized spacial score (nSPS) is 24.0. The number of hydrogen-bond donors (Lipinski definition) is 1. The maximum Gasteiger partial charge on any atom is 0.0111 e. The highest BCUT2D eigenvalue weighted by Gasteiger charge is 2.28. The quantitative estimate of drug-likeness (QED) is 0.682. The lowest BCUT2D eigenvalue weighted by Crippen LogP contribution is -2.37. The molecule has 1 rings (SSSR count). The smallest absolute Gasteiger partial charge is 0.0111 e. The van der Waals surface area contributed by atoms with E-state index in [4.69, 9.17) is 0 Å². The standard InChI is InChI=1S/C17H36N2/c1-6-18-16-7-8-17(13-16)19(11-9-14(2)3)12-10-15(4)5/h14-18H,6-13H2,1-5H3. The van der Waals surface area contributed by atoms with Crippen molar-refractivity contribution in [2.45, 2.75) is 78.8 Å². The van der Waals surface area contributed by atoms with Crippen molar-refractivity contribution >= 4 is 0 Å². The summed E-state index contributed by atoms with van der Waals surface area (Å²) in [7, 11) is 0. The summed E-state index contributed by atoms with van der Waals surface area (Å²) in [4.78, 5) is 2.79. The molecule has 0 amide bonds. The van der Waals surface area contributed by atoms with E-state index in [-0.39, 0.29) is 0 Å². The van der Waals surface area contributed by atoms with Crippen molar-refractivity contribution in [2.75, 3.05) is 19.6 Å². The molecule has 0 saturated heterocycles. The first-order valence-electron chi connectivity index (χ1n) is 8.50. The van der Waals surface area contributed by atoms with Crippen LogP contribution in [0.25, 0.3) is 0 Å². The molecule has 1 fully saturated rings. The van der Waals surface area contributed by atoms with Crippen LogP contribution in [-0.2, 0) is 0 Å². The molecule has 0 spiro atoms. The second kappa shape index (κ2) is 8.97. The van der Waals surface area contributed by atoms with Crippen molar-refractivity contribution in [3.05, 3.63) is 0 Å². The third-order valence-electron chi connectivity index (χ3n) is 4.40. The van der Waals surface area contributed by atoms with Crippen LogP contribution < -0.4 is 5.32 Å². The molecule has 0 aromatic heterocycles. The summed E-state index contributed by atoms with van der Waals surface area (Å²) < 4.78 is 0. The van der Waals surface area contributed by atoms with E-state index in [0.717, 1.165) is 30.5 Å². The summed E-state index contributed by atoms with van der Waals surface area (Å²) in [5.41, 5.74) is 0. The van der Waals surface area contributed by atoms with Gasteiger partial charge in [-0.05, 0) is 63.6 Å². The van der Waals surface area contributed by atoms with Crippen LogP contribution >= 0.6 is 0 Å². The lowest BCUT2D eigenvalue weighted by molar-refractivity contribution is 0.176. The molecule has 0 bridgehead atoms. The minimum atomic E-state index is 0.774.